The summed E-state index contributed by atoms with van der Waals surface area (Å²) in [4.78, 5) is 0. The minimum Gasteiger partial charge on any atom is -0.497 e. The summed E-state index contributed by atoms with van der Waals surface area (Å²) in [5.74, 6) is 0.831. The highest BCUT2D eigenvalue weighted by molar-refractivity contribution is 14.1. The van der Waals surface area contributed by atoms with Gasteiger partial charge >= 0.3 is 0 Å². The fraction of sp³-hybridized carbons (Fsp3) is 0.111. The molecular weight excluding hydrogens is 366 g/mol. The summed E-state index contributed by atoms with van der Waals surface area (Å²) >= 11 is 11.5. The highest BCUT2D eigenvalue weighted by Gasteiger charge is 2.01. The molecule has 0 spiro atoms. The van der Waals surface area contributed by atoms with Crippen molar-refractivity contribution in [1.82, 2.24) is 0 Å². The molecule has 0 radical (unpaired) electrons. The van der Waals surface area contributed by atoms with Crippen molar-refractivity contribution in [3.63, 3.8) is 0 Å². The summed E-state index contributed by atoms with van der Waals surface area (Å²) in [6.07, 6.45) is 0. The topological polar surface area (TPSA) is 9.23 Å². The van der Waals surface area contributed by atoms with E-state index >= 15 is 0 Å². The Morgan fingerprint density at radius 1 is 1.38 bits per heavy atom. The molecule has 0 aliphatic carbocycles. The lowest BCUT2D eigenvalue weighted by molar-refractivity contribution is 0.415. The molecule has 0 unspecified atom stereocenters. The zero-order valence-corrected chi connectivity index (χ0v) is 11.4. The van der Waals surface area contributed by atoms with Crippen molar-refractivity contribution in [2.45, 2.75) is 0 Å². The molecule has 0 heterocycles. The number of rotatable bonds is 2. The summed E-state index contributed by atoms with van der Waals surface area (Å²) in [7, 11) is 1.64. The van der Waals surface area contributed by atoms with Crippen molar-refractivity contribution in [3.05, 3.63) is 32.3 Å². The molecule has 1 nitrogen and oxygen atoms in total. The Balaban J connectivity index is 2.99. The molecule has 1 aromatic rings. The van der Waals surface area contributed by atoms with Gasteiger partial charge in [0, 0.05) is 0 Å². The Hall–Kier alpha value is 0.260. The van der Waals surface area contributed by atoms with Gasteiger partial charge < -0.3 is 4.74 Å². The lowest BCUT2D eigenvalue weighted by atomic mass is 10.2. The van der Waals surface area contributed by atoms with Gasteiger partial charge in [0.15, 0.2) is 0 Å². The number of hydrogen-bond donors (Lipinski definition) is 0. The number of hydrogen-bond acceptors (Lipinski definition) is 1. The monoisotopic (exact) mass is 372 g/mol. The second-order valence-electron chi connectivity index (χ2n) is 2.30. The van der Waals surface area contributed by atoms with Crippen LogP contribution in [0.2, 0.25) is 0 Å². The van der Waals surface area contributed by atoms with E-state index in [9.17, 15) is 0 Å². The second kappa shape index (κ2) is 5.22. The van der Waals surface area contributed by atoms with Crippen LogP contribution in [0.25, 0.3) is 5.03 Å². The van der Waals surface area contributed by atoms with Crippen LogP contribution < -0.4 is 4.74 Å². The predicted octanol–water partition coefficient (Wildman–Crippen LogP) is 4.39. The normalized spacial score (nSPS) is 12.3. The molecule has 0 N–H and O–H groups in total. The van der Waals surface area contributed by atoms with Crippen molar-refractivity contribution in [3.8, 4) is 5.75 Å². The Morgan fingerprint density at radius 3 is 2.31 bits per heavy atom. The van der Waals surface area contributed by atoms with E-state index in [2.05, 4.69) is 38.5 Å². The lowest BCUT2D eigenvalue weighted by Gasteiger charge is -2.02. The zero-order chi connectivity index (χ0) is 9.84. The van der Waals surface area contributed by atoms with Gasteiger partial charge in [-0.15, -0.1) is 0 Å². The Labute approximate surface area is 104 Å². The SMILES string of the molecule is COc1ccc(C(Cl)=C(Br)I)cc1. The summed E-state index contributed by atoms with van der Waals surface area (Å²) in [5, 5.41) is 0.711. The van der Waals surface area contributed by atoms with Crippen molar-refractivity contribution in [1.29, 1.82) is 0 Å². The van der Waals surface area contributed by atoms with Crippen LogP contribution in [0.1, 0.15) is 5.56 Å². The molecule has 1 aromatic carbocycles. The van der Waals surface area contributed by atoms with Gasteiger partial charge in [-0.05, 0) is 68.3 Å². The first-order chi connectivity index (χ1) is 6.15. The van der Waals surface area contributed by atoms with Crippen LogP contribution in [0.4, 0.5) is 0 Å². The number of methoxy groups -OCH3 is 1. The highest BCUT2D eigenvalue weighted by Crippen LogP contribution is 2.31. The van der Waals surface area contributed by atoms with Gasteiger partial charge in [0.2, 0.25) is 0 Å². The average Bonchev–Trinajstić information content (AvgIpc) is 2.17. The van der Waals surface area contributed by atoms with Gasteiger partial charge in [-0.25, -0.2) is 0 Å². The van der Waals surface area contributed by atoms with E-state index in [4.69, 9.17) is 16.3 Å². The number of halogens is 3. The van der Waals surface area contributed by atoms with E-state index in [0.29, 0.717) is 5.03 Å². The van der Waals surface area contributed by atoms with E-state index in [0.717, 1.165) is 13.8 Å². The largest absolute Gasteiger partial charge is 0.497 e. The van der Waals surface area contributed by atoms with E-state index < -0.39 is 0 Å². The summed E-state index contributed by atoms with van der Waals surface area (Å²) in [6, 6.07) is 7.59. The summed E-state index contributed by atoms with van der Waals surface area (Å²) in [6.45, 7) is 0. The predicted molar refractivity (Wildman–Crippen MR) is 68.7 cm³/mol. The minimum absolute atomic E-state index is 0.711. The molecule has 70 valence electrons. The molecule has 13 heavy (non-hydrogen) atoms. The van der Waals surface area contributed by atoms with Gasteiger partial charge in [-0.1, -0.05) is 11.6 Å². The first-order valence-electron chi connectivity index (χ1n) is 3.50. The fourth-order valence-electron chi connectivity index (χ4n) is 0.846. The minimum atomic E-state index is 0.711. The Morgan fingerprint density at radius 2 is 1.92 bits per heavy atom. The smallest absolute Gasteiger partial charge is 0.118 e. The van der Waals surface area contributed by atoms with Crippen LogP contribution in [0.15, 0.2) is 26.8 Å². The molecule has 0 aromatic heterocycles. The molecular formula is C9H7BrClIO. The van der Waals surface area contributed by atoms with Crippen molar-refractivity contribution in [2.75, 3.05) is 7.11 Å². The van der Waals surface area contributed by atoms with Crippen LogP contribution in [-0.2, 0) is 0 Å². The lowest BCUT2D eigenvalue weighted by Crippen LogP contribution is -1.82. The van der Waals surface area contributed by atoms with E-state index in [-0.39, 0.29) is 0 Å². The van der Waals surface area contributed by atoms with Gasteiger partial charge in [-0.2, -0.15) is 0 Å². The highest BCUT2D eigenvalue weighted by atomic mass is 127. The molecule has 0 saturated carbocycles. The molecule has 0 aliphatic heterocycles. The maximum Gasteiger partial charge on any atom is 0.118 e. The molecule has 0 atom stereocenters. The molecule has 0 amide bonds. The van der Waals surface area contributed by atoms with Crippen LogP contribution >= 0.6 is 50.1 Å². The molecule has 1 rings (SSSR count). The fourth-order valence-corrected chi connectivity index (χ4v) is 1.51. The maximum atomic E-state index is 6.02. The Kier molecular flexibility index (Phi) is 4.55. The standard InChI is InChI=1S/C9H7BrClIO/c1-13-7-4-2-6(3-5-7)8(11)9(10)12/h2-5H,1H3. The van der Waals surface area contributed by atoms with Gasteiger partial charge in [-0.3, -0.25) is 0 Å². The third-order valence-electron chi connectivity index (χ3n) is 1.51. The first-order valence-corrected chi connectivity index (χ1v) is 5.75. The first kappa shape index (κ1) is 11.3. The van der Waals surface area contributed by atoms with Crippen molar-refractivity contribution in [2.24, 2.45) is 0 Å². The molecule has 0 bridgehead atoms. The van der Waals surface area contributed by atoms with Crippen LogP contribution in [0.5, 0.6) is 5.75 Å². The third kappa shape index (κ3) is 3.14. The average molecular weight is 373 g/mol. The van der Waals surface area contributed by atoms with E-state index in [1.807, 2.05) is 24.3 Å². The summed E-state index contributed by atoms with van der Waals surface area (Å²) in [5.41, 5.74) is 0.976. The third-order valence-corrected chi connectivity index (χ3v) is 3.40. The summed E-state index contributed by atoms with van der Waals surface area (Å²) < 4.78 is 5.94. The second-order valence-corrected chi connectivity index (χ2v) is 6.04. The number of benzene rings is 1. The van der Waals surface area contributed by atoms with E-state index in [1.165, 1.54) is 0 Å². The van der Waals surface area contributed by atoms with E-state index in [1.54, 1.807) is 7.11 Å². The van der Waals surface area contributed by atoms with Crippen molar-refractivity contribution < 1.29 is 4.74 Å². The number of ether oxygens (including phenoxy) is 1. The van der Waals surface area contributed by atoms with Gasteiger partial charge in [0.05, 0.1) is 14.6 Å². The molecule has 4 heteroatoms. The van der Waals surface area contributed by atoms with Crippen LogP contribution in [0.3, 0.4) is 0 Å². The Bertz CT molecular complexity index is 317. The molecule has 0 saturated heterocycles. The van der Waals surface area contributed by atoms with Crippen LogP contribution in [-0.4, -0.2) is 7.11 Å². The maximum absolute atomic E-state index is 6.02. The quantitative estimate of drug-likeness (QED) is 0.699. The zero-order valence-electron chi connectivity index (χ0n) is 6.85. The molecule has 0 aliphatic rings. The van der Waals surface area contributed by atoms with Gasteiger partial charge in [0.25, 0.3) is 0 Å². The van der Waals surface area contributed by atoms with Gasteiger partial charge in [0.1, 0.15) is 5.75 Å². The molecule has 0 fully saturated rings. The van der Waals surface area contributed by atoms with Crippen molar-refractivity contribution >= 4 is 55.2 Å². The van der Waals surface area contributed by atoms with Crippen LogP contribution in [0, 0.1) is 0 Å².